The zero-order valence-corrected chi connectivity index (χ0v) is 13.3. The predicted molar refractivity (Wildman–Crippen MR) is 84.0 cm³/mol. The Morgan fingerprint density at radius 3 is 2.59 bits per heavy atom. The van der Waals surface area contributed by atoms with Crippen LogP contribution in [0.3, 0.4) is 0 Å². The van der Waals surface area contributed by atoms with Gasteiger partial charge in [0, 0.05) is 0 Å². The van der Waals surface area contributed by atoms with E-state index in [2.05, 4.69) is 0 Å². The summed E-state index contributed by atoms with van der Waals surface area (Å²) in [6, 6.07) is 8.79. The number of ether oxygens (including phenoxy) is 2. The third-order valence-electron chi connectivity index (χ3n) is 2.77. The van der Waals surface area contributed by atoms with Crippen molar-refractivity contribution in [3.63, 3.8) is 0 Å². The number of carbonyl (C=O) groups is 1. The van der Waals surface area contributed by atoms with Crippen LogP contribution in [0, 0.1) is 0 Å². The molecule has 1 N–H and O–H groups in total. The zero-order valence-electron chi connectivity index (χ0n) is 12.5. The van der Waals surface area contributed by atoms with E-state index in [0.717, 1.165) is 16.4 Å². The highest BCUT2D eigenvalue weighted by Gasteiger charge is 2.11. The number of hydrogen-bond donors (Lipinski definition) is 1. The molecular formula is C16H18O5S. The molecule has 0 radical (unpaired) electrons. The van der Waals surface area contributed by atoms with Gasteiger partial charge in [0.1, 0.15) is 17.3 Å². The lowest BCUT2D eigenvalue weighted by Crippen LogP contribution is -1.96. The first-order valence-corrected chi connectivity index (χ1v) is 7.97. The van der Waals surface area contributed by atoms with Crippen LogP contribution in [0.5, 0.6) is 11.5 Å². The highest BCUT2D eigenvalue weighted by Crippen LogP contribution is 2.35. The van der Waals surface area contributed by atoms with Crippen LogP contribution >= 0.6 is 11.8 Å². The van der Waals surface area contributed by atoms with Crippen molar-refractivity contribution in [2.75, 3.05) is 13.2 Å². The zero-order chi connectivity index (χ0) is 15.9. The normalized spacial score (nSPS) is 10.5. The van der Waals surface area contributed by atoms with Gasteiger partial charge >= 0.3 is 5.97 Å². The molecule has 22 heavy (non-hydrogen) atoms. The number of carboxylic acid groups (broad SMARTS) is 1. The number of rotatable bonds is 8. The van der Waals surface area contributed by atoms with Crippen LogP contribution in [-0.4, -0.2) is 24.3 Å². The lowest BCUT2D eigenvalue weighted by atomic mass is 10.3. The van der Waals surface area contributed by atoms with E-state index in [1.807, 2.05) is 32.0 Å². The van der Waals surface area contributed by atoms with Gasteiger partial charge in [0.05, 0.1) is 23.9 Å². The fraction of sp³-hybridized carbons (Fsp3) is 0.312. The molecule has 0 saturated carbocycles. The van der Waals surface area contributed by atoms with Gasteiger partial charge in [-0.1, -0.05) is 0 Å². The fourth-order valence-corrected chi connectivity index (χ4v) is 2.77. The van der Waals surface area contributed by atoms with Gasteiger partial charge in [0.25, 0.3) is 0 Å². The first-order valence-electron chi connectivity index (χ1n) is 6.98. The monoisotopic (exact) mass is 322 g/mol. The minimum Gasteiger partial charge on any atom is -0.494 e. The summed E-state index contributed by atoms with van der Waals surface area (Å²) in [5, 5.41) is 8.86. The van der Waals surface area contributed by atoms with Crippen molar-refractivity contribution in [1.29, 1.82) is 0 Å². The van der Waals surface area contributed by atoms with Crippen LogP contribution in [0.25, 0.3) is 0 Å². The van der Waals surface area contributed by atoms with Crippen LogP contribution in [0.1, 0.15) is 30.2 Å². The lowest BCUT2D eigenvalue weighted by Gasteiger charge is -2.11. The molecule has 1 aromatic heterocycles. The molecule has 0 saturated heterocycles. The molecule has 0 atom stereocenters. The quantitative estimate of drug-likeness (QED) is 0.739. The maximum Gasteiger partial charge on any atom is 0.371 e. The van der Waals surface area contributed by atoms with E-state index in [9.17, 15) is 4.79 Å². The largest absolute Gasteiger partial charge is 0.494 e. The molecule has 0 unspecified atom stereocenters. The Bertz CT molecular complexity index is 635. The van der Waals surface area contributed by atoms with Gasteiger partial charge < -0.3 is 19.0 Å². The number of furan rings is 1. The van der Waals surface area contributed by atoms with Crippen LogP contribution in [0.15, 0.2) is 39.6 Å². The average molecular weight is 322 g/mol. The van der Waals surface area contributed by atoms with Gasteiger partial charge in [-0.05, 0) is 44.2 Å². The van der Waals surface area contributed by atoms with Crippen molar-refractivity contribution in [3.05, 3.63) is 41.9 Å². The summed E-state index contributed by atoms with van der Waals surface area (Å²) in [5.41, 5.74) is 0. The van der Waals surface area contributed by atoms with Crippen molar-refractivity contribution < 1.29 is 23.8 Å². The molecule has 0 aliphatic carbocycles. The van der Waals surface area contributed by atoms with Gasteiger partial charge in [-0.3, -0.25) is 0 Å². The molecule has 1 heterocycles. The second-order valence-corrected chi connectivity index (χ2v) is 5.35. The molecule has 0 spiro atoms. The molecule has 0 bridgehead atoms. The van der Waals surface area contributed by atoms with Gasteiger partial charge in [-0.25, -0.2) is 4.79 Å². The molecule has 0 aliphatic rings. The highest BCUT2D eigenvalue weighted by molar-refractivity contribution is 7.98. The molecular weight excluding hydrogens is 304 g/mol. The van der Waals surface area contributed by atoms with E-state index in [4.69, 9.17) is 19.0 Å². The van der Waals surface area contributed by atoms with Gasteiger partial charge in [-0.15, -0.1) is 11.8 Å². The summed E-state index contributed by atoms with van der Waals surface area (Å²) >= 11 is 1.51. The second kappa shape index (κ2) is 7.79. The number of hydrogen-bond acceptors (Lipinski definition) is 5. The molecule has 2 rings (SSSR count). The summed E-state index contributed by atoms with van der Waals surface area (Å²) in [6.07, 6.45) is 0. The van der Waals surface area contributed by atoms with Crippen molar-refractivity contribution in [3.8, 4) is 11.5 Å². The molecule has 1 aromatic carbocycles. The number of benzene rings is 1. The lowest BCUT2D eigenvalue weighted by molar-refractivity contribution is 0.0661. The van der Waals surface area contributed by atoms with Gasteiger partial charge in [0.2, 0.25) is 5.76 Å². The maximum atomic E-state index is 10.8. The molecule has 0 aliphatic heterocycles. The van der Waals surface area contributed by atoms with E-state index >= 15 is 0 Å². The SMILES string of the molecule is CCOc1ccc(OCC)c(SCc2ccc(C(=O)O)o2)c1. The average Bonchev–Trinajstić information content (AvgIpc) is 2.97. The Labute approximate surface area is 133 Å². The van der Waals surface area contributed by atoms with Crippen molar-refractivity contribution >= 4 is 17.7 Å². The van der Waals surface area contributed by atoms with Crippen molar-refractivity contribution in [2.45, 2.75) is 24.5 Å². The number of thioether (sulfide) groups is 1. The van der Waals surface area contributed by atoms with Gasteiger partial charge in [-0.2, -0.15) is 0 Å². The number of carboxylic acids is 1. The Hall–Kier alpha value is -2.08. The smallest absolute Gasteiger partial charge is 0.371 e. The highest BCUT2D eigenvalue weighted by atomic mass is 32.2. The third kappa shape index (κ3) is 4.21. The summed E-state index contributed by atoms with van der Waals surface area (Å²) < 4.78 is 16.4. The van der Waals surface area contributed by atoms with Crippen LogP contribution in [0.2, 0.25) is 0 Å². The molecule has 0 amide bonds. The summed E-state index contributed by atoms with van der Waals surface area (Å²) in [5.74, 6) is 1.56. The van der Waals surface area contributed by atoms with Crippen LogP contribution < -0.4 is 9.47 Å². The van der Waals surface area contributed by atoms with E-state index in [1.165, 1.54) is 17.8 Å². The van der Waals surface area contributed by atoms with E-state index in [-0.39, 0.29) is 5.76 Å². The first kappa shape index (κ1) is 16.3. The molecule has 118 valence electrons. The molecule has 2 aromatic rings. The third-order valence-corrected chi connectivity index (χ3v) is 3.83. The van der Waals surface area contributed by atoms with E-state index < -0.39 is 5.97 Å². The topological polar surface area (TPSA) is 68.9 Å². The summed E-state index contributed by atoms with van der Waals surface area (Å²) in [4.78, 5) is 11.7. The first-order chi connectivity index (χ1) is 10.6. The Kier molecular flexibility index (Phi) is 5.77. The van der Waals surface area contributed by atoms with Crippen molar-refractivity contribution in [1.82, 2.24) is 0 Å². The Morgan fingerprint density at radius 1 is 1.18 bits per heavy atom. The second-order valence-electron chi connectivity index (χ2n) is 4.33. The Balaban J connectivity index is 2.11. The Morgan fingerprint density at radius 2 is 1.95 bits per heavy atom. The number of aromatic carboxylic acids is 1. The minimum atomic E-state index is -1.07. The van der Waals surface area contributed by atoms with Crippen LogP contribution in [-0.2, 0) is 5.75 Å². The predicted octanol–water partition coefficient (Wildman–Crippen LogP) is 4.07. The molecule has 5 nitrogen and oxygen atoms in total. The molecule has 6 heteroatoms. The van der Waals surface area contributed by atoms with Crippen molar-refractivity contribution in [2.24, 2.45) is 0 Å². The molecule has 0 fully saturated rings. The fourth-order valence-electron chi connectivity index (χ4n) is 1.85. The standard InChI is InChI=1S/C16H18O5S/c1-3-19-11-5-7-13(20-4-2)15(9-11)22-10-12-6-8-14(21-12)16(17)18/h5-9H,3-4,10H2,1-2H3,(H,17,18). The van der Waals surface area contributed by atoms with Gasteiger partial charge in [0.15, 0.2) is 0 Å². The summed E-state index contributed by atoms with van der Waals surface area (Å²) in [6.45, 7) is 5.03. The minimum absolute atomic E-state index is 0.0521. The van der Waals surface area contributed by atoms with E-state index in [0.29, 0.717) is 24.7 Å². The maximum absolute atomic E-state index is 10.8. The summed E-state index contributed by atoms with van der Waals surface area (Å²) in [7, 11) is 0. The van der Waals surface area contributed by atoms with Crippen LogP contribution in [0.4, 0.5) is 0 Å². The van der Waals surface area contributed by atoms with E-state index in [1.54, 1.807) is 6.07 Å².